The maximum Gasteiger partial charge on any atom is 0.573 e. The molecule has 1 amide bonds. The molecule has 1 aromatic heterocycles. The van der Waals surface area contributed by atoms with Crippen molar-refractivity contribution >= 4 is 22.4 Å². The maximum absolute atomic E-state index is 12.6. The van der Waals surface area contributed by atoms with Crippen LogP contribution in [0.3, 0.4) is 0 Å². The molecule has 0 spiro atoms. The van der Waals surface area contributed by atoms with Crippen molar-refractivity contribution < 1.29 is 27.4 Å². The molecule has 0 saturated carbocycles. The molecule has 0 radical (unpaired) electrons. The lowest BCUT2D eigenvalue weighted by atomic mass is 10.1. The normalized spacial score (nSPS) is 11.3. The number of rotatable bonds is 5. The summed E-state index contributed by atoms with van der Waals surface area (Å²) in [5, 5.41) is 3.56. The fourth-order valence-corrected chi connectivity index (χ4v) is 2.69. The number of fused-ring (bicyclic) bond motifs is 1. The van der Waals surface area contributed by atoms with E-state index < -0.39 is 18.0 Å². The van der Waals surface area contributed by atoms with Crippen molar-refractivity contribution in [2.75, 3.05) is 12.4 Å². The highest BCUT2D eigenvalue weighted by molar-refractivity contribution is 5.91. The topological polar surface area (TPSA) is 69.6 Å². The number of ether oxygens (including phenoxy) is 2. The SMILES string of the molecule is COc1cccc2c(=O)n(CC(=O)Nc3ccc(OC(F)(F)F)cc3)ccc12. The number of alkyl halides is 3. The van der Waals surface area contributed by atoms with Gasteiger partial charge < -0.3 is 19.4 Å². The van der Waals surface area contributed by atoms with Crippen LogP contribution in [0.1, 0.15) is 0 Å². The summed E-state index contributed by atoms with van der Waals surface area (Å²) in [5.41, 5.74) is -0.0875. The van der Waals surface area contributed by atoms with Crippen LogP contribution in [0.15, 0.2) is 59.5 Å². The van der Waals surface area contributed by atoms with Crippen LogP contribution in [0.2, 0.25) is 0 Å². The molecule has 0 unspecified atom stereocenters. The Morgan fingerprint density at radius 1 is 1.07 bits per heavy atom. The van der Waals surface area contributed by atoms with Gasteiger partial charge in [-0.3, -0.25) is 9.59 Å². The minimum absolute atomic E-state index is 0.257. The molecule has 1 heterocycles. The Morgan fingerprint density at radius 3 is 2.43 bits per heavy atom. The summed E-state index contributed by atoms with van der Waals surface area (Å²) < 4.78 is 46.7. The minimum Gasteiger partial charge on any atom is -0.496 e. The van der Waals surface area contributed by atoms with E-state index in [0.717, 1.165) is 12.1 Å². The van der Waals surface area contributed by atoms with Crippen molar-refractivity contribution in [3.63, 3.8) is 0 Å². The molecule has 1 N–H and O–H groups in total. The Labute approximate surface area is 157 Å². The molecule has 3 aromatic rings. The molecule has 0 atom stereocenters. The van der Waals surface area contributed by atoms with E-state index in [1.165, 1.54) is 30.0 Å². The first kappa shape index (κ1) is 19.3. The average molecular weight is 392 g/mol. The second kappa shape index (κ2) is 7.63. The number of pyridine rings is 1. The number of amides is 1. The Kier molecular flexibility index (Phi) is 5.25. The van der Waals surface area contributed by atoms with Gasteiger partial charge in [0.25, 0.3) is 5.56 Å². The molecule has 0 saturated heterocycles. The maximum atomic E-state index is 12.6. The third kappa shape index (κ3) is 4.43. The van der Waals surface area contributed by atoms with Crippen molar-refractivity contribution in [3.05, 3.63) is 65.1 Å². The first-order valence-electron chi connectivity index (χ1n) is 8.08. The first-order valence-corrected chi connectivity index (χ1v) is 8.08. The lowest BCUT2D eigenvalue weighted by Gasteiger charge is -2.11. The number of hydrogen-bond acceptors (Lipinski definition) is 4. The van der Waals surface area contributed by atoms with E-state index in [4.69, 9.17) is 4.74 Å². The zero-order valence-electron chi connectivity index (χ0n) is 14.6. The number of nitrogens with zero attached hydrogens (tertiary/aromatic N) is 1. The van der Waals surface area contributed by atoms with E-state index in [1.54, 1.807) is 24.3 Å². The molecular formula is C19H15F3N2O4. The molecule has 0 fully saturated rings. The Hall–Kier alpha value is -3.49. The van der Waals surface area contributed by atoms with Crippen LogP contribution in [-0.2, 0) is 11.3 Å². The quantitative estimate of drug-likeness (QED) is 0.721. The van der Waals surface area contributed by atoms with Gasteiger partial charge in [0.05, 0.1) is 12.5 Å². The van der Waals surface area contributed by atoms with Crippen molar-refractivity contribution in [3.8, 4) is 11.5 Å². The fourth-order valence-electron chi connectivity index (χ4n) is 2.69. The van der Waals surface area contributed by atoms with Crippen molar-refractivity contribution in [2.45, 2.75) is 12.9 Å². The van der Waals surface area contributed by atoms with Gasteiger partial charge in [-0.05, 0) is 42.5 Å². The number of benzene rings is 2. The highest BCUT2D eigenvalue weighted by atomic mass is 19.4. The van der Waals surface area contributed by atoms with Gasteiger partial charge in [-0.25, -0.2) is 0 Å². The van der Waals surface area contributed by atoms with Crippen LogP contribution in [-0.4, -0.2) is 23.9 Å². The van der Waals surface area contributed by atoms with E-state index in [2.05, 4.69) is 10.1 Å². The van der Waals surface area contributed by atoms with E-state index >= 15 is 0 Å². The number of aromatic nitrogens is 1. The molecule has 9 heteroatoms. The van der Waals surface area contributed by atoms with Crippen molar-refractivity contribution in [1.82, 2.24) is 4.57 Å². The van der Waals surface area contributed by atoms with Gasteiger partial charge >= 0.3 is 6.36 Å². The first-order chi connectivity index (χ1) is 13.3. The van der Waals surface area contributed by atoms with Crippen LogP contribution < -0.4 is 20.3 Å². The van der Waals surface area contributed by atoms with Crippen molar-refractivity contribution in [2.24, 2.45) is 0 Å². The van der Waals surface area contributed by atoms with Gasteiger partial charge in [0.1, 0.15) is 18.0 Å². The summed E-state index contributed by atoms with van der Waals surface area (Å²) in [4.78, 5) is 24.8. The molecule has 0 aliphatic carbocycles. The van der Waals surface area contributed by atoms with Crippen molar-refractivity contribution in [1.29, 1.82) is 0 Å². The highest BCUT2D eigenvalue weighted by Gasteiger charge is 2.30. The highest BCUT2D eigenvalue weighted by Crippen LogP contribution is 2.24. The van der Waals surface area contributed by atoms with Gasteiger partial charge in [0.2, 0.25) is 5.91 Å². The number of halogens is 3. The van der Waals surface area contributed by atoms with Gasteiger partial charge in [-0.15, -0.1) is 13.2 Å². The molecule has 146 valence electrons. The minimum atomic E-state index is -4.79. The lowest BCUT2D eigenvalue weighted by molar-refractivity contribution is -0.274. The molecule has 28 heavy (non-hydrogen) atoms. The fraction of sp³-hybridized carbons (Fsp3) is 0.158. The van der Waals surface area contributed by atoms with Crippen LogP contribution >= 0.6 is 0 Å². The Bertz CT molecular complexity index is 1060. The number of carbonyl (C=O) groups is 1. The Morgan fingerprint density at radius 2 is 1.79 bits per heavy atom. The number of carbonyl (C=O) groups excluding carboxylic acids is 1. The summed E-state index contributed by atoms with van der Waals surface area (Å²) in [6.45, 7) is -0.257. The number of nitrogens with one attached hydrogen (secondary N) is 1. The molecule has 2 aromatic carbocycles. The number of anilines is 1. The van der Waals surface area contributed by atoms with E-state index in [1.807, 2.05) is 0 Å². The van der Waals surface area contributed by atoms with Gasteiger partial charge in [-0.2, -0.15) is 0 Å². The molecular weight excluding hydrogens is 377 g/mol. The second-order valence-corrected chi connectivity index (χ2v) is 5.79. The van der Waals surface area contributed by atoms with Crippen LogP contribution in [0.25, 0.3) is 10.8 Å². The standard InChI is InChI=1S/C19H15F3N2O4/c1-27-16-4-2-3-15-14(16)9-10-24(18(15)26)11-17(25)23-12-5-7-13(8-6-12)28-19(20,21)22/h2-10H,11H2,1H3,(H,23,25). The largest absolute Gasteiger partial charge is 0.573 e. The summed E-state index contributed by atoms with van der Waals surface area (Å²) in [6, 6.07) is 11.4. The monoisotopic (exact) mass is 392 g/mol. The van der Waals surface area contributed by atoms with Gasteiger partial charge in [0, 0.05) is 17.3 Å². The van der Waals surface area contributed by atoms with E-state index in [-0.39, 0.29) is 17.8 Å². The lowest BCUT2D eigenvalue weighted by Crippen LogP contribution is -2.27. The third-order valence-electron chi connectivity index (χ3n) is 3.88. The molecule has 0 aliphatic heterocycles. The number of methoxy groups -OCH3 is 1. The zero-order chi connectivity index (χ0) is 20.3. The van der Waals surface area contributed by atoms with Crippen LogP contribution in [0.4, 0.5) is 18.9 Å². The van der Waals surface area contributed by atoms with E-state index in [0.29, 0.717) is 16.5 Å². The summed E-state index contributed by atoms with van der Waals surface area (Å²) in [7, 11) is 1.50. The number of hydrogen-bond donors (Lipinski definition) is 1. The Balaban J connectivity index is 1.73. The smallest absolute Gasteiger partial charge is 0.496 e. The summed E-state index contributed by atoms with van der Waals surface area (Å²) in [5.74, 6) is -0.355. The zero-order valence-corrected chi connectivity index (χ0v) is 14.6. The molecule has 0 bridgehead atoms. The molecule has 0 aliphatic rings. The predicted molar refractivity (Wildman–Crippen MR) is 96.5 cm³/mol. The molecule has 3 rings (SSSR count). The van der Waals surface area contributed by atoms with Gasteiger partial charge in [0.15, 0.2) is 0 Å². The van der Waals surface area contributed by atoms with Crippen LogP contribution in [0, 0.1) is 0 Å². The predicted octanol–water partition coefficient (Wildman–Crippen LogP) is 3.55. The summed E-state index contributed by atoms with van der Waals surface area (Å²) >= 11 is 0. The average Bonchev–Trinajstić information content (AvgIpc) is 2.64. The van der Waals surface area contributed by atoms with E-state index in [9.17, 15) is 22.8 Å². The molecule has 6 nitrogen and oxygen atoms in total. The third-order valence-corrected chi connectivity index (χ3v) is 3.88. The second-order valence-electron chi connectivity index (χ2n) is 5.79. The summed E-state index contributed by atoms with van der Waals surface area (Å²) in [6.07, 6.45) is -3.31. The van der Waals surface area contributed by atoms with Crippen LogP contribution in [0.5, 0.6) is 11.5 Å². The van der Waals surface area contributed by atoms with Gasteiger partial charge in [-0.1, -0.05) is 6.07 Å².